The van der Waals surface area contributed by atoms with Crippen LogP contribution >= 0.6 is 0 Å². The summed E-state index contributed by atoms with van der Waals surface area (Å²) in [5.41, 5.74) is 4.60. The van der Waals surface area contributed by atoms with Gasteiger partial charge in [0.2, 0.25) is 5.82 Å². The van der Waals surface area contributed by atoms with Crippen LogP contribution in [-0.2, 0) is 0 Å². The molecule has 182 valence electrons. The van der Waals surface area contributed by atoms with E-state index in [4.69, 9.17) is 9.26 Å². The van der Waals surface area contributed by atoms with Gasteiger partial charge in [-0.15, -0.1) is 0 Å². The molecule has 2 amide bonds. The van der Waals surface area contributed by atoms with E-state index in [0.717, 1.165) is 22.6 Å². The molecule has 0 fully saturated rings. The Hall–Kier alpha value is -4.46. The lowest BCUT2D eigenvalue weighted by Gasteiger charge is -2.35. The molecule has 1 atom stereocenters. The van der Waals surface area contributed by atoms with Crippen molar-refractivity contribution in [1.29, 1.82) is 0 Å². The molecule has 0 aliphatic carbocycles. The van der Waals surface area contributed by atoms with Crippen LogP contribution in [-0.4, -0.2) is 22.8 Å². The first-order chi connectivity index (χ1) is 17.4. The van der Waals surface area contributed by atoms with Crippen LogP contribution in [0.4, 0.5) is 14.9 Å². The van der Waals surface area contributed by atoms with Crippen molar-refractivity contribution in [2.45, 2.75) is 26.8 Å². The monoisotopic (exact) mass is 484 g/mol. The van der Waals surface area contributed by atoms with Crippen LogP contribution in [0.2, 0.25) is 0 Å². The highest BCUT2D eigenvalue weighted by molar-refractivity contribution is 6.01. The number of anilines is 1. The fourth-order valence-electron chi connectivity index (χ4n) is 4.25. The average molecular weight is 485 g/mol. The lowest BCUT2D eigenvalue weighted by Crippen LogP contribution is -2.46. The van der Waals surface area contributed by atoms with Gasteiger partial charge in [-0.1, -0.05) is 35.0 Å². The molecule has 2 heterocycles. The van der Waals surface area contributed by atoms with E-state index in [1.807, 2.05) is 69.3 Å². The molecule has 1 aliphatic heterocycles. The highest BCUT2D eigenvalue weighted by atomic mass is 19.1. The second kappa shape index (κ2) is 9.65. The zero-order valence-electron chi connectivity index (χ0n) is 20.2. The van der Waals surface area contributed by atoms with E-state index in [-0.39, 0.29) is 17.7 Å². The average Bonchev–Trinajstić information content (AvgIpc) is 3.36. The number of allylic oxidation sites excluding steroid dienone is 1. The van der Waals surface area contributed by atoms with Crippen LogP contribution in [0.5, 0.6) is 5.75 Å². The topological polar surface area (TPSA) is 80.5 Å². The van der Waals surface area contributed by atoms with E-state index < -0.39 is 6.04 Å². The summed E-state index contributed by atoms with van der Waals surface area (Å²) in [6.45, 7) is 6.33. The van der Waals surface area contributed by atoms with Crippen molar-refractivity contribution in [3.63, 3.8) is 0 Å². The van der Waals surface area contributed by atoms with Gasteiger partial charge in [-0.2, -0.15) is 4.98 Å². The molecule has 1 N–H and O–H groups in total. The van der Waals surface area contributed by atoms with Gasteiger partial charge in [-0.25, -0.2) is 9.18 Å². The SMILES string of the molecule is CCOc1ccc(C2NC(=O)N(c3ccc(C)cc3)C(C)=C2c2nc(-c3ccc(F)cc3)no2)cc1. The minimum atomic E-state index is -0.531. The van der Waals surface area contributed by atoms with Crippen LogP contribution in [0.3, 0.4) is 0 Å². The van der Waals surface area contributed by atoms with E-state index in [0.29, 0.717) is 29.3 Å². The molecule has 1 unspecified atom stereocenters. The van der Waals surface area contributed by atoms with Crippen LogP contribution in [0.1, 0.15) is 36.9 Å². The number of nitrogens with zero attached hydrogens (tertiary/aromatic N) is 3. The molecule has 3 aromatic carbocycles. The van der Waals surface area contributed by atoms with Crippen molar-refractivity contribution in [2.75, 3.05) is 11.5 Å². The number of carbonyl (C=O) groups is 1. The quantitative estimate of drug-likeness (QED) is 0.348. The normalized spacial score (nSPS) is 15.7. The number of nitrogens with one attached hydrogen (secondary N) is 1. The lowest BCUT2D eigenvalue weighted by molar-refractivity contribution is 0.244. The van der Waals surface area contributed by atoms with E-state index in [1.54, 1.807) is 17.0 Å². The van der Waals surface area contributed by atoms with Crippen molar-refractivity contribution < 1.29 is 18.4 Å². The van der Waals surface area contributed by atoms with Crippen molar-refractivity contribution in [3.8, 4) is 17.1 Å². The number of hydrogen-bond donors (Lipinski definition) is 1. The Balaban J connectivity index is 1.61. The summed E-state index contributed by atoms with van der Waals surface area (Å²) in [5, 5.41) is 7.22. The molecule has 8 heteroatoms. The van der Waals surface area contributed by atoms with Gasteiger partial charge in [-0.05, 0) is 74.9 Å². The van der Waals surface area contributed by atoms with Gasteiger partial charge in [-0.3, -0.25) is 4.90 Å². The maximum atomic E-state index is 13.4. The van der Waals surface area contributed by atoms with Crippen LogP contribution < -0.4 is 15.0 Å². The Labute approximate surface area is 208 Å². The molecule has 0 radical (unpaired) electrons. The first-order valence-corrected chi connectivity index (χ1v) is 11.7. The Kier molecular flexibility index (Phi) is 6.25. The molecule has 0 saturated carbocycles. The van der Waals surface area contributed by atoms with Gasteiger partial charge in [0.15, 0.2) is 0 Å². The van der Waals surface area contributed by atoms with E-state index >= 15 is 0 Å². The van der Waals surface area contributed by atoms with Crippen molar-refractivity contribution in [1.82, 2.24) is 15.5 Å². The molecule has 0 bridgehead atoms. The summed E-state index contributed by atoms with van der Waals surface area (Å²) in [4.78, 5) is 19.5. The van der Waals surface area contributed by atoms with Gasteiger partial charge >= 0.3 is 6.03 Å². The standard InChI is InChI=1S/C28H25FN4O3/c1-4-35-23-15-9-19(10-16-23)25-24(27-31-26(32-36-27)20-7-11-21(29)12-8-20)18(3)33(28(34)30-25)22-13-5-17(2)6-14-22/h5-16,25H,4H2,1-3H3,(H,30,34). The number of hydrogen-bond acceptors (Lipinski definition) is 5. The number of halogens is 1. The van der Waals surface area contributed by atoms with Gasteiger partial charge in [0.05, 0.1) is 23.9 Å². The van der Waals surface area contributed by atoms with E-state index in [9.17, 15) is 9.18 Å². The maximum Gasteiger partial charge on any atom is 0.326 e. The summed E-state index contributed by atoms with van der Waals surface area (Å²) in [5.74, 6) is 0.987. The summed E-state index contributed by atoms with van der Waals surface area (Å²) in [6, 6.07) is 20.3. The number of ether oxygens (including phenoxy) is 1. The molecule has 1 aromatic heterocycles. The van der Waals surface area contributed by atoms with Gasteiger partial charge in [0.1, 0.15) is 11.6 Å². The third-order valence-corrected chi connectivity index (χ3v) is 6.06. The lowest BCUT2D eigenvalue weighted by atomic mass is 9.94. The maximum absolute atomic E-state index is 13.4. The highest BCUT2D eigenvalue weighted by Crippen LogP contribution is 2.39. The molecule has 0 saturated heterocycles. The zero-order valence-corrected chi connectivity index (χ0v) is 20.2. The number of carbonyl (C=O) groups excluding carboxylic acids is 1. The summed E-state index contributed by atoms with van der Waals surface area (Å²) < 4.78 is 24.7. The van der Waals surface area contributed by atoms with Crippen molar-refractivity contribution >= 4 is 17.3 Å². The number of aryl methyl sites for hydroxylation is 1. The predicted octanol–water partition coefficient (Wildman–Crippen LogP) is 6.28. The smallest absolute Gasteiger partial charge is 0.326 e. The number of aromatic nitrogens is 2. The largest absolute Gasteiger partial charge is 0.494 e. The van der Waals surface area contributed by atoms with Gasteiger partial charge in [0, 0.05) is 11.3 Å². The Bertz CT molecular complexity index is 1410. The fraction of sp³-hybridized carbons (Fsp3) is 0.179. The zero-order chi connectivity index (χ0) is 25.2. The molecule has 5 rings (SSSR count). The van der Waals surface area contributed by atoms with Gasteiger partial charge in [0.25, 0.3) is 5.89 Å². The molecule has 1 aliphatic rings. The predicted molar refractivity (Wildman–Crippen MR) is 135 cm³/mol. The summed E-state index contributed by atoms with van der Waals surface area (Å²) in [6.07, 6.45) is 0. The Morgan fingerprint density at radius 2 is 1.69 bits per heavy atom. The second-order valence-corrected chi connectivity index (χ2v) is 8.48. The van der Waals surface area contributed by atoms with E-state index in [2.05, 4.69) is 15.5 Å². The fourth-order valence-corrected chi connectivity index (χ4v) is 4.25. The molecular formula is C28H25FN4O3. The number of rotatable bonds is 6. The number of amides is 2. The Morgan fingerprint density at radius 3 is 2.36 bits per heavy atom. The van der Waals surface area contributed by atoms with Crippen LogP contribution in [0.25, 0.3) is 17.0 Å². The summed E-state index contributed by atoms with van der Waals surface area (Å²) in [7, 11) is 0. The molecule has 36 heavy (non-hydrogen) atoms. The molecular weight excluding hydrogens is 459 g/mol. The molecule has 0 spiro atoms. The molecule has 7 nitrogen and oxygen atoms in total. The minimum Gasteiger partial charge on any atom is -0.494 e. The highest BCUT2D eigenvalue weighted by Gasteiger charge is 2.36. The third-order valence-electron chi connectivity index (χ3n) is 6.06. The van der Waals surface area contributed by atoms with Crippen LogP contribution in [0.15, 0.2) is 83.0 Å². The van der Waals surface area contributed by atoms with Crippen molar-refractivity contribution in [2.24, 2.45) is 0 Å². The molecule has 4 aromatic rings. The van der Waals surface area contributed by atoms with Crippen LogP contribution in [0, 0.1) is 12.7 Å². The van der Waals surface area contributed by atoms with Crippen molar-refractivity contribution in [3.05, 3.63) is 101 Å². The Morgan fingerprint density at radius 1 is 1.00 bits per heavy atom. The van der Waals surface area contributed by atoms with E-state index in [1.165, 1.54) is 12.1 Å². The minimum absolute atomic E-state index is 0.266. The number of benzene rings is 3. The third kappa shape index (κ3) is 4.45. The summed E-state index contributed by atoms with van der Waals surface area (Å²) >= 11 is 0. The van der Waals surface area contributed by atoms with Gasteiger partial charge < -0.3 is 14.6 Å². The first-order valence-electron chi connectivity index (χ1n) is 11.7. The second-order valence-electron chi connectivity index (χ2n) is 8.48. The first kappa shape index (κ1) is 23.3. The number of urea groups is 1.